The highest BCUT2D eigenvalue weighted by atomic mass is 16.7. The molecule has 0 saturated carbocycles. The lowest BCUT2D eigenvalue weighted by molar-refractivity contribution is -0.172. The van der Waals surface area contributed by atoms with Crippen molar-refractivity contribution in [1.29, 1.82) is 0 Å². The van der Waals surface area contributed by atoms with E-state index in [-0.39, 0.29) is 115 Å². The average molecular weight is 1050 g/mol. The molecule has 75 heavy (non-hydrogen) atoms. The van der Waals surface area contributed by atoms with Crippen LogP contribution < -0.4 is 42.0 Å². The van der Waals surface area contributed by atoms with Gasteiger partial charge in [0.25, 0.3) is 17.4 Å². The first kappa shape index (κ1) is 55.9. The standard InChI is InChI=1S/C51H66N8O16/c1-4-51(68)35-24-38-46-33(27-59(38)49(66)34(35)28-73-50(51)67)32(31-23-39-40(75-29-74-39)25-37(31)55-46)26-54-47(64)36(7-5-6-12-52)56-48(65)45(30(2)3)57-42(61)11-15-69-17-19-71-21-22-72-20-18-70-16-13-53-41(60)10-14-58-43(62)8-9-44(58)63/h8-9,23-25,30,36,45,68H,4-7,10-22,26-29,52H2,1-3H3,(H,53,60)(H,54,64)(H,56,65)(H,57,61)/t36-,45-,51-/m0/s1. The summed E-state index contributed by atoms with van der Waals surface area (Å²) >= 11 is 0. The molecule has 0 radical (unpaired) electrons. The summed E-state index contributed by atoms with van der Waals surface area (Å²) in [5, 5.41) is 23.4. The number of aliphatic hydroxyl groups is 1. The summed E-state index contributed by atoms with van der Waals surface area (Å²) in [6.45, 7) is 7.62. The lowest BCUT2D eigenvalue weighted by Crippen LogP contribution is -2.55. The molecule has 4 aliphatic rings. The molecule has 0 aliphatic carbocycles. The van der Waals surface area contributed by atoms with E-state index in [0.29, 0.717) is 90.7 Å². The van der Waals surface area contributed by atoms with E-state index in [1.807, 2.05) is 0 Å². The Morgan fingerprint density at radius 2 is 1.47 bits per heavy atom. The number of imide groups is 1. The van der Waals surface area contributed by atoms with Gasteiger partial charge in [0.15, 0.2) is 17.1 Å². The number of pyridine rings is 2. The normalized spacial score (nSPS) is 16.9. The summed E-state index contributed by atoms with van der Waals surface area (Å²) in [6, 6.07) is 3.12. The fourth-order valence-electron chi connectivity index (χ4n) is 9.00. The lowest BCUT2D eigenvalue weighted by atomic mass is 9.86. The van der Waals surface area contributed by atoms with Crippen LogP contribution in [0.25, 0.3) is 22.3 Å². The third-order valence-corrected chi connectivity index (χ3v) is 13.2. The number of hydrogen-bond acceptors (Lipinski definition) is 18. The average Bonchev–Trinajstić information content (AvgIpc) is 4.14. The smallest absolute Gasteiger partial charge is 0.343 e. The number of hydrogen-bond donors (Lipinski definition) is 6. The summed E-state index contributed by atoms with van der Waals surface area (Å²) in [4.78, 5) is 109. The maximum atomic E-state index is 14.2. The quantitative estimate of drug-likeness (QED) is 0.0229. The Hall–Kier alpha value is -6.83. The van der Waals surface area contributed by atoms with Gasteiger partial charge in [0.1, 0.15) is 18.7 Å². The van der Waals surface area contributed by atoms with E-state index in [9.17, 15) is 43.5 Å². The number of carbonyl (C=O) groups is 7. The summed E-state index contributed by atoms with van der Waals surface area (Å²) in [5.41, 5.74) is 6.24. The predicted octanol–water partition coefficient (Wildman–Crippen LogP) is 0.0669. The number of fused-ring (bicyclic) bond motifs is 6. The molecular formula is C51H66N8O16. The molecule has 7 rings (SSSR count). The molecule has 0 spiro atoms. The molecule has 7 N–H and O–H groups in total. The Kier molecular flexibility index (Phi) is 19.5. The second-order valence-corrected chi connectivity index (χ2v) is 18.6. The number of carbonyl (C=O) groups excluding carboxylic acids is 7. The minimum absolute atomic E-state index is 0.00367. The monoisotopic (exact) mass is 1050 g/mol. The first-order valence-corrected chi connectivity index (χ1v) is 25.3. The Labute approximate surface area is 432 Å². The molecule has 2 aromatic heterocycles. The van der Waals surface area contributed by atoms with Crippen LogP contribution in [0, 0.1) is 5.92 Å². The number of amides is 6. The number of nitrogens with two attached hydrogens (primary N) is 1. The summed E-state index contributed by atoms with van der Waals surface area (Å²) in [7, 11) is 0. The molecule has 406 valence electrons. The molecule has 0 saturated heterocycles. The van der Waals surface area contributed by atoms with Gasteiger partial charge in [-0.05, 0) is 55.8 Å². The van der Waals surface area contributed by atoms with Crippen molar-refractivity contribution < 1.29 is 71.8 Å². The first-order chi connectivity index (χ1) is 36.1. The van der Waals surface area contributed by atoms with Crippen LogP contribution in [-0.4, -0.2) is 152 Å². The minimum Gasteiger partial charge on any atom is -0.458 e. The maximum absolute atomic E-state index is 14.2. The van der Waals surface area contributed by atoms with Gasteiger partial charge in [-0.2, -0.15) is 0 Å². The van der Waals surface area contributed by atoms with Crippen LogP contribution in [0.15, 0.2) is 35.1 Å². The number of ether oxygens (including phenoxy) is 7. The van der Waals surface area contributed by atoms with Crippen molar-refractivity contribution in [3.8, 4) is 22.9 Å². The topological polar surface area (TPSA) is 317 Å². The van der Waals surface area contributed by atoms with E-state index in [4.69, 9.17) is 43.9 Å². The molecule has 0 unspecified atom stereocenters. The number of nitrogens with one attached hydrogen (secondary N) is 4. The van der Waals surface area contributed by atoms with Crippen molar-refractivity contribution in [3.05, 3.63) is 63.0 Å². The SMILES string of the molecule is CC[C@@]1(O)C(=O)OCc2c1cc1n(c2=O)Cc2c-1nc1cc3c(cc1c2CNC(=O)[C@H](CCCCN)NC(=O)[C@@H](NC(=O)CCOCCOCCOCCOCCNC(=O)CCN1C(=O)C=CC1=O)C(C)C)OCO3. The number of cyclic esters (lactones) is 1. The molecule has 3 atom stereocenters. The molecule has 24 heteroatoms. The van der Waals surface area contributed by atoms with Gasteiger partial charge in [-0.3, -0.25) is 38.5 Å². The largest absolute Gasteiger partial charge is 0.458 e. The van der Waals surface area contributed by atoms with Crippen molar-refractivity contribution in [2.24, 2.45) is 11.7 Å². The van der Waals surface area contributed by atoms with Gasteiger partial charge >= 0.3 is 5.97 Å². The summed E-state index contributed by atoms with van der Waals surface area (Å²) < 4.78 is 40.1. The first-order valence-electron chi connectivity index (χ1n) is 25.3. The van der Waals surface area contributed by atoms with Crippen LogP contribution in [-0.2, 0) is 82.5 Å². The molecule has 24 nitrogen and oxygen atoms in total. The number of unbranched alkanes of at least 4 members (excludes halogenated alkanes) is 1. The maximum Gasteiger partial charge on any atom is 0.343 e. The fraction of sp³-hybridized carbons (Fsp3) is 0.549. The van der Waals surface area contributed by atoms with Gasteiger partial charge in [0.2, 0.25) is 30.4 Å². The fourth-order valence-corrected chi connectivity index (χ4v) is 9.00. The third kappa shape index (κ3) is 13.5. The number of aromatic nitrogens is 2. The Balaban J connectivity index is 0.857. The van der Waals surface area contributed by atoms with Crippen LogP contribution in [0.4, 0.5) is 0 Å². The van der Waals surface area contributed by atoms with Crippen molar-refractivity contribution in [2.75, 3.05) is 79.3 Å². The van der Waals surface area contributed by atoms with Crippen LogP contribution in [0.1, 0.15) is 81.5 Å². The second kappa shape index (κ2) is 26.1. The predicted molar refractivity (Wildman–Crippen MR) is 265 cm³/mol. The molecular weight excluding hydrogens is 981 g/mol. The molecule has 0 fully saturated rings. The van der Waals surface area contributed by atoms with Crippen LogP contribution in [0.3, 0.4) is 0 Å². The van der Waals surface area contributed by atoms with Gasteiger partial charge in [0, 0.05) is 67.2 Å². The molecule has 6 heterocycles. The van der Waals surface area contributed by atoms with Crippen LogP contribution >= 0.6 is 0 Å². The van der Waals surface area contributed by atoms with Gasteiger partial charge in [-0.15, -0.1) is 0 Å². The number of esters is 1. The van der Waals surface area contributed by atoms with Crippen molar-refractivity contribution in [2.45, 2.75) is 96.7 Å². The Bertz CT molecular complexity index is 2710. The van der Waals surface area contributed by atoms with Crippen LogP contribution in [0.2, 0.25) is 0 Å². The Morgan fingerprint density at radius 1 is 0.800 bits per heavy atom. The van der Waals surface area contributed by atoms with E-state index in [0.717, 1.165) is 4.90 Å². The van der Waals surface area contributed by atoms with E-state index >= 15 is 0 Å². The van der Waals surface area contributed by atoms with E-state index in [2.05, 4.69) is 21.3 Å². The molecule has 4 aliphatic heterocycles. The van der Waals surface area contributed by atoms with Gasteiger partial charge < -0.3 is 69.8 Å². The zero-order valence-electron chi connectivity index (χ0n) is 42.5. The number of nitrogens with zero attached hydrogens (tertiary/aromatic N) is 3. The minimum atomic E-state index is -2.02. The van der Waals surface area contributed by atoms with E-state index in [1.54, 1.807) is 39.0 Å². The van der Waals surface area contributed by atoms with Crippen molar-refractivity contribution >= 4 is 52.3 Å². The third-order valence-electron chi connectivity index (χ3n) is 13.2. The van der Waals surface area contributed by atoms with Gasteiger partial charge in [0.05, 0.1) is 81.9 Å². The van der Waals surface area contributed by atoms with E-state index < -0.39 is 58.7 Å². The van der Waals surface area contributed by atoms with Crippen LogP contribution in [0.5, 0.6) is 11.5 Å². The van der Waals surface area contributed by atoms with Crippen molar-refractivity contribution in [1.82, 2.24) is 35.7 Å². The van der Waals surface area contributed by atoms with Gasteiger partial charge in [-0.25, -0.2) is 9.78 Å². The highest BCUT2D eigenvalue weighted by Gasteiger charge is 2.46. The lowest BCUT2D eigenvalue weighted by Gasteiger charge is -2.31. The highest BCUT2D eigenvalue weighted by molar-refractivity contribution is 6.13. The number of benzene rings is 1. The molecule has 6 amide bonds. The zero-order chi connectivity index (χ0) is 53.6. The molecule has 1 aromatic carbocycles. The summed E-state index contributed by atoms with van der Waals surface area (Å²) in [5.74, 6) is -2.86. The number of rotatable bonds is 30. The second-order valence-electron chi connectivity index (χ2n) is 18.6. The molecule has 0 bridgehead atoms. The molecule has 3 aromatic rings. The Morgan fingerprint density at radius 3 is 2.13 bits per heavy atom. The van der Waals surface area contributed by atoms with Gasteiger partial charge in [-0.1, -0.05) is 20.8 Å². The van der Waals surface area contributed by atoms with Crippen molar-refractivity contribution in [3.63, 3.8) is 0 Å². The van der Waals surface area contributed by atoms with E-state index in [1.165, 1.54) is 16.7 Å². The summed E-state index contributed by atoms with van der Waals surface area (Å²) in [6.07, 6.45) is 3.66. The highest BCUT2D eigenvalue weighted by Crippen LogP contribution is 2.43. The zero-order valence-corrected chi connectivity index (χ0v) is 42.5.